The first-order chi connectivity index (χ1) is 17.6. The molecule has 0 saturated carbocycles. The van der Waals surface area contributed by atoms with Crippen LogP contribution in [-0.4, -0.2) is 54.1 Å². The van der Waals surface area contributed by atoms with Crippen LogP contribution in [0, 0.1) is 0 Å². The number of rotatable bonds is 7. The summed E-state index contributed by atoms with van der Waals surface area (Å²) in [6, 6.07) is 21.2. The Morgan fingerprint density at radius 1 is 1.00 bits per heavy atom. The predicted octanol–water partition coefficient (Wildman–Crippen LogP) is 5.09. The van der Waals surface area contributed by atoms with E-state index in [-0.39, 0.29) is 5.91 Å². The van der Waals surface area contributed by atoms with Crippen molar-refractivity contribution in [2.24, 2.45) is 0 Å². The molecular formula is C28H27ClN4O3. The van der Waals surface area contributed by atoms with Gasteiger partial charge in [-0.15, -0.1) is 0 Å². The molecule has 36 heavy (non-hydrogen) atoms. The molecule has 0 radical (unpaired) electrons. The normalized spacial score (nSPS) is 13.7. The zero-order valence-electron chi connectivity index (χ0n) is 20.1. The Morgan fingerprint density at radius 2 is 1.81 bits per heavy atom. The van der Waals surface area contributed by atoms with Gasteiger partial charge in [-0.1, -0.05) is 54.1 Å². The number of aromatic nitrogens is 2. The Balaban J connectivity index is 1.51. The lowest BCUT2D eigenvalue weighted by atomic mass is 10.0. The zero-order valence-corrected chi connectivity index (χ0v) is 20.8. The van der Waals surface area contributed by atoms with Gasteiger partial charge in [0, 0.05) is 55.9 Å². The van der Waals surface area contributed by atoms with Crippen molar-refractivity contribution in [1.29, 1.82) is 0 Å². The maximum Gasteiger partial charge on any atom is 0.289 e. The molecule has 0 spiro atoms. The Labute approximate surface area is 215 Å². The molecule has 5 rings (SSSR count). The summed E-state index contributed by atoms with van der Waals surface area (Å²) in [4.78, 5) is 26.8. The van der Waals surface area contributed by atoms with Gasteiger partial charge in [0.05, 0.1) is 18.6 Å². The maximum absolute atomic E-state index is 12.8. The second kappa shape index (κ2) is 10.9. The first-order valence-corrected chi connectivity index (χ1v) is 12.3. The van der Waals surface area contributed by atoms with E-state index in [1.807, 2.05) is 53.4 Å². The van der Waals surface area contributed by atoms with Crippen molar-refractivity contribution in [3.8, 4) is 11.4 Å². The maximum atomic E-state index is 12.8. The highest BCUT2D eigenvalue weighted by molar-refractivity contribution is 6.30. The van der Waals surface area contributed by atoms with Crippen molar-refractivity contribution >= 4 is 23.3 Å². The number of benzene rings is 2. The third-order valence-corrected chi connectivity index (χ3v) is 6.49. The van der Waals surface area contributed by atoms with E-state index in [4.69, 9.17) is 30.7 Å². The summed E-state index contributed by atoms with van der Waals surface area (Å²) in [5.74, 6) is 1.79. The predicted molar refractivity (Wildman–Crippen MR) is 139 cm³/mol. The van der Waals surface area contributed by atoms with E-state index < -0.39 is 0 Å². The number of methoxy groups -OCH3 is 1. The summed E-state index contributed by atoms with van der Waals surface area (Å²) in [6.45, 7) is 2.79. The number of nitrogens with zero attached hydrogens (tertiary/aromatic N) is 4. The van der Waals surface area contributed by atoms with Crippen LogP contribution in [0.25, 0.3) is 11.4 Å². The molecule has 1 saturated heterocycles. The smallest absolute Gasteiger partial charge is 0.289 e. The minimum absolute atomic E-state index is 0.0912. The Morgan fingerprint density at radius 3 is 2.50 bits per heavy atom. The third kappa shape index (κ3) is 5.27. The molecule has 0 atom stereocenters. The number of anilines is 1. The highest BCUT2D eigenvalue weighted by atomic mass is 35.5. The number of ether oxygens (including phenoxy) is 1. The second-order valence-corrected chi connectivity index (χ2v) is 9.09. The summed E-state index contributed by atoms with van der Waals surface area (Å²) < 4.78 is 10.9. The molecule has 184 valence electrons. The highest BCUT2D eigenvalue weighted by Gasteiger charge is 2.27. The molecule has 3 heterocycles. The van der Waals surface area contributed by atoms with Gasteiger partial charge in [0.2, 0.25) is 0 Å². The summed E-state index contributed by atoms with van der Waals surface area (Å²) in [5, 5.41) is 0.689. The minimum Gasteiger partial charge on any atom is -0.459 e. The van der Waals surface area contributed by atoms with E-state index in [1.165, 1.54) is 6.26 Å². The number of carbonyl (C=O) groups excluding carboxylic acids is 1. The Hall–Kier alpha value is -3.68. The molecule has 0 bridgehead atoms. The molecule has 1 aliphatic rings. The van der Waals surface area contributed by atoms with Crippen LogP contribution in [0.15, 0.2) is 77.4 Å². The van der Waals surface area contributed by atoms with E-state index in [0.717, 1.165) is 28.2 Å². The summed E-state index contributed by atoms with van der Waals surface area (Å²) in [7, 11) is 1.67. The molecule has 4 aromatic rings. The minimum atomic E-state index is -0.0912. The fraction of sp³-hybridized carbons (Fsp3) is 0.250. The molecule has 8 heteroatoms. The van der Waals surface area contributed by atoms with Gasteiger partial charge in [-0.2, -0.15) is 0 Å². The fourth-order valence-corrected chi connectivity index (χ4v) is 4.67. The molecule has 7 nitrogen and oxygen atoms in total. The number of amides is 1. The van der Waals surface area contributed by atoms with Crippen molar-refractivity contribution in [3.05, 3.63) is 101 Å². The van der Waals surface area contributed by atoms with Gasteiger partial charge in [-0.25, -0.2) is 9.97 Å². The molecule has 1 fully saturated rings. The summed E-state index contributed by atoms with van der Waals surface area (Å²) in [5.41, 5.74) is 3.86. The number of furan rings is 1. The van der Waals surface area contributed by atoms with Crippen molar-refractivity contribution in [1.82, 2.24) is 14.9 Å². The van der Waals surface area contributed by atoms with Gasteiger partial charge in [0.1, 0.15) is 5.82 Å². The molecule has 1 aliphatic heterocycles. The number of piperazine rings is 1. The second-order valence-electron chi connectivity index (χ2n) is 8.66. The van der Waals surface area contributed by atoms with E-state index in [9.17, 15) is 4.79 Å². The average molecular weight is 503 g/mol. The Kier molecular flexibility index (Phi) is 7.30. The van der Waals surface area contributed by atoms with Crippen molar-refractivity contribution in [2.45, 2.75) is 13.0 Å². The van der Waals surface area contributed by atoms with Crippen LogP contribution in [0.5, 0.6) is 0 Å². The number of hydrogen-bond donors (Lipinski definition) is 0. The van der Waals surface area contributed by atoms with Crippen LogP contribution >= 0.6 is 11.6 Å². The van der Waals surface area contributed by atoms with Gasteiger partial charge in [0.15, 0.2) is 11.6 Å². The molecular weight excluding hydrogens is 476 g/mol. The topological polar surface area (TPSA) is 71.7 Å². The van der Waals surface area contributed by atoms with E-state index in [1.54, 1.807) is 19.2 Å². The van der Waals surface area contributed by atoms with E-state index in [2.05, 4.69) is 11.0 Å². The van der Waals surface area contributed by atoms with Crippen LogP contribution in [0.1, 0.15) is 27.4 Å². The summed E-state index contributed by atoms with van der Waals surface area (Å²) in [6.07, 6.45) is 2.14. The van der Waals surface area contributed by atoms with Gasteiger partial charge >= 0.3 is 0 Å². The monoisotopic (exact) mass is 502 g/mol. The largest absolute Gasteiger partial charge is 0.459 e. The lowest BCUT2D eigenvalue weighted by molar-refractivity contribution is 0.0714. The first kappa shape index (κ1) is 24.0. The van der Waals surface area contributed by atoms with E-state index >= 15 is 0 Å². The fourth-order valence-electron chi connectivity index (χ4n) is 4.46. The van der Waals surface area contributed by atoms with Gasteiger partial charge in [-0.3, -0.25) is 4.79 Å². The third-order valence-electron chi connectivity index (χ3n) is 6.25. The lowest BCUT2D eigenvalue weighted by Gasteiger charge is -2.36. The van der Waals surface area contributed by atoms with Crippen LogP contribution in [0.2, 0.25) is 5.02 Å². The molecule has 2 aromatic heterocycles. The van der Waals surface area contributed by atoms with Crippen LogP contribution in [0.3, 0.4) is 0 Å². The van der Waals surface area contributed by atoms with Crippen molar-refractivity contribution in [2.75, 3.05) is 38.2 Å². The van der Waals surface area contributed by atoms with Crippen LogP contribution < -0.4 is 4.90 Å². The van der Waals surface area contributed by atoms with Crippen molar-refractivity contribution < 1.29 is 13.9 Å². The SMILES string of the molecule is COCc1nc(-c2ccccc2)nc(N2CCN(C(=O)c3ccco3)CC2)c1Cc1cccc(Cl)c1. The molecule has 1 amide bonds. The average Bonchev–Trinajstić information content (AvgIpc) is 3.45. The Bertz CT molecular complexity index is 1320. The number of carbonyl (C=O) groups is 1. The lowest BCUT2D eigenvalue weighted by Crippen LogP contribution is -2.49. The highest BCUT2D eigenvalue weighted by Crippen LogP contribution is 2.30. The van der Waals surface area contributed by atoms with Gasteiger partial charge in [0.25, 0.3) is 5.91 Å². The first-order valence-electron chi connectivity index (χ1n) is 11.9. The van der Waals surface area contributed by atoms with Crippen LogP contribution in [0.4, 0.5) is 5.82 Å². The number of hydrogen-bond acceptors (Lipinski definition) is 6. The van der Waals surface area contributed by atoms with Crippen molar-refractivity contribution in [3.63, 3.8) is 0 Å². The van der Waals surface area contributed by atoms with Gasteiger partial charge in [-0.05, 0) is 29.8 Å². The molecule has 2 aromatic carbocycles. The molecule has 0 N–H and O–H groups in total. The standard InChI is InChI=1S/C28H27ClN4O3/c1-35-19-24-23(18-20-7-5-10-22(29)17-20)27(31-26(30-24)21-8-3-2-4-9-21)32-12-14-33(15-13-32)28(34)25-11-6-16-36-25/h2-11,16-17H,12-15,18-19H2,1H3. The molecule has 0 aliphatic carbocycles. The summed E-state index contributed by atoms with van der Waals surface area (Å²) >= 11 is 6.28. The van der Waals surface area contributed by atoms with E-state index in [0.29, 0.717) is 55.8 Å². The quantitative estimate of drug-likeness (QED) is 0.350. The van der Waals surface area contributed by atoms with Crippen LogP contribution in [-0.2, 0) is 17.8 Å². The molecule has 0 unspecified atom stereocenters. The number of halogens is 1. The van der Waals surface area contributed by atoms with Gasteiger partial charge < -0.3 is 19.0 Å². The zero-order chi connectivity index (χ0) is 24.9.